The van der Waals surface area contributed by atoms with Gasteiger partial charge >= 0.3 is 0 Å². The number of rotatable bonds is 4. The van der Waals surface area contributed by atoms with Crippen LogP contribution in [0.15, 0.2) is 53.3 Å². The number of nitrogens with zero attached hydrogens (tertiary/aromatic N) is 2. The van der Waals surface area contributed by atoms with E-state index in [9.17, 15) is 4.79 Å². The molecule has 0 aliphatic carbocycles. The second kappa shape index (κ2) is 6.38. The van der Waals surface area contributed by atoms with E-state index >= 15 is 0 Å². The van der Waals surface area contributed by atoms with Gasteiger partial charge < -0.3 is 9.73 Å². The summed E-state index contributed by atoms with van der Waals surface area (Å²) in [5.41, 5.74) is 2.59. The van der Waals surface area contributed by atoms with Gasteiger partial charge in [-0.25, -0.2) is 4.68 Å². The van der Waals surface area contributed by atoms with Gasteiger partial charge in [-0.2, -0.15) is 5.10 Å². The van der Waals surface area contributed by atoms with Crippen LogP contribution >= 0.6 is 22.9 Å². The average Bonchev–Trinajstić information content (AvgIpc) is 3.32. The van der Waals surface area contributed by atoms with Gasteiger partial charge in [0.15, 0.2) is 0 Å². The Morgan fingerprint density at radius 3 is 2.96 bits per heavy atom. The van der Waals surface area contributed by atoms with Crippen molar-refractivity contribution >= 4 is 39.1 Å². The molecule has 0 saturated heterocycles. The number of hydrogen-bond donors (Lipinski definition) is 1. The Labute approximate surface area is 152 Å². The Balaban J connectivity index is 1.67. The lowest BCUT2D eigenvalue weighted by Crippen LogP contribution is -2.21. The van der Waals surface area contributed by atoms with Crippen molar-refractivity contribution in [3.8, 4) is 5.69 Å². The van der Waals surface area contributed by atoms with Crippen molar-refractivity contribution in [1.29, 1.82) is 0 Å². The van der Waals surface area contributed by atoms with E-state index in [0.717, 1.165) is 27.2 Å². The molecule has 0 aliphatic heterocycles. The van der Waals surface area contributed by atoms with Gasteiger partial charge in [0.05, 0.1) is 33.8 Å². The van der Waals surface area contributed by atoms with Crippen molar-refractivity contribution in [2.24, 2.45) is 0 Å². The van der Waals surface area contributed by atoms with Crippen LogP contribution in [0.25, 0.3) is 15.9 Å². The molecule has 3 heterocycles. The summed E-state index contributed by atoms with van der Waals surface area (Å²) in [4.78, 5) is 14.0. The third-order valence-corrected chi connectivity index (χ3v) is 5.31. The van der Waals surface area contributed by atoms with E-state index < -0.39 is 0 Å². The molecule has 1 N–H and O–H groups in total. The Kier molecular flexibility index (Phi) is 4.07. The molecule has 1 aromatic carbocycles. The number of furan rings is 1. The van der Waals surface area contributed by atoms with E-state index in [-0.39, 0.29) is 5.91 Å². The topological polar surface area (TPSA) is 60.1 Å². The summed E-state index contributed by atoms with van der Waals surface area (Å²) in [6, 6.07) is 11.2. The minimum atomic E-state index is -0.118. The fourth-order valence-corrected chi connectivity index (χ4v) is 3.92. The summed E-state index contributed by atoms with van der Waals surface area (Å²) in [6.07, 6.45) is 3.20. The van der Waals surface area contributed by atoms with Crippen LogP contribution in [0.5, 0.6) is 0 Å². The van der Waals surface area contributed by atoms with Gasteiger partial charge in [-0.15, -0.1) is 11.3 Å². The summed E-state index contributed by atoms with van der Waals surface area (Å²) in [7, 11) is 0. The molecular formula is C18H14ClN3O2S. The average molecular weight is 372 g/mol. The highest BCUT2D eigenvalue weighted by Gasteiger charge is 2.18. The molecule has 25 heavy (non-hydrogen) atoms. The summed E-state index contributed by atoms with van der Waals surface area (Å²) >= 11 is 7.70. The second-order valence-electron chi connectivity index (χ2n) is 5.59. The van der Waals surface area contributed by atoms with E-state index in [1.165, 1.54) is 11.3 Å². The molecule has 0 aliphatic rings. The molecule has 0 fully saturated rings. The normalized spacial score (nSPS) is 11.1. The molecule has 0 saturated carbocycles. The number of carbonyl (C=O) groups is 1. The molecule has 7 heteroatoms. The quantitative estimate of drug-likeness (QED) is 0.571. The monoisotopic (exact) mass is 371 g/mol. The summed E-state index contributed by atoms with van der Waals surface area (Å²) < 4.78 is 6.80. The molecule has 0 bridgehead atoms. The molecule has 4 aromatic rings. The molecular weight excluding hydrogens is 358 g/mol. The molecule has 0 unspecified atom stereocenters. The van der Waals surface area contributed by atoms with Crippen molar-refractivity contribution in [1.82, 2.24) is 15.1 Å². The van der Waals surface area contributed by atoms with E-state index in [4.69, 9.17) is 16.0 Å². The number of aromatic nitrogens is 2. The maximum atomic E-state index is 12.4. The lowest BCUT2D eigenvalue weighted by atomic mass is 10.3. The highest BCUT2D eigenvalue weighted by atomic mass is 35.5. The highest BCUT2D eigenvalue weighted by molar-refractivity contribution is 7.20. The summed E-state index contributed by atoms with van der Waals surface area (Å²) in [5.74, 6) is -0.118. The third kappa shape index (κ3) is 2.94. The molecule has 4 rings (SSSR count). The zero-order valence-electron chi connectivity index (χ0n) is 13.3. The van der Waals surface area contributed by atoms with Gasteiger partial charge in [-0.1, -0.05) is 23.7 Å². The first-order valence-corrected chi connectivity index (χ1v) is 8.86. The third-order valence-electron chi connectivity index (χ3n) is 3.88. The first kappa shape index (κ1) is 15.9. The Hall–Kier alpha value is -2.57. The van der Waals surface area contributed by atoms with E-state index in [2.05, 4.69) is 10.4 Å². The largest absolute Gasteiger partial charge is 0.472 e. The zero-order valence-corrected chi connectivity index (χ0v) is 14.9. The lowest BCUT2D eigenvalue weighted by Gasteiger charge is -2.04. The Morgan fingerprint density at radius 2 is 2.20 bits per heavy atom. The fraction of sp³-hybridized carbons (Fsp3) is 0.111. The molecule has 0 radical (unpaired) electrons. The van der Waals surface area contributed by atoms with Crippen LogP contribution in [0.1, 0.15) is 20.9 Å². The zero-order chi connectivity index (χ0) is 17.4. The maximum absolute atomic E-state index is 12.4. The number of hydrogen-bond acceptors (Lipinski definition) is 4. The van der Waals surface area contributed by atoms with Gasteiger partial charge in [0.25, 0.3) is 5.91 Å². The molecule has 5 nitrogen and oxygen atoms in total. The number of para-hydroxylation sites is 1. The number of nitrogens with one attached hydrogen (secondary N) is 1. The van der Waals surface area contributed by atoms with Gasteiger partial charge in [-0.3, -0.25) is 4.79 Å². The minimum absolute atomic E-state index is 0.118. The smallest absolute Gasteiger partial charge is 0.261 e. The predicted octanol–water partition coefficient (Wildman–Crippen LogP) is 4.57. The van der Waals surface area contributed by atoms with Crippen molar-refractivity contribution < 1.29 is 9.21 Å². The fourth-order valence-electron chi connectivity index (χ4n) is 2.61. The number of carbonyl (C=O) groups excluding carboxylic acids is 1. The molecule has 0 atom stereocenters. The van der Waals surface area contributed by atoms with Crippen molar-refractivity contribution in [2.45, 2.75) is 13.5 Å². The number of benzene rings is 1. The first-order chi connectivity index (χ1) is 12.1. The van der Waals surface area contributed by atoms with Crippen molar-refractivity contribution in [3.63, 3.8) is 0 Å². The Morgan fingerprint density at radius 1 is 1.36 bits per heavy atom. The second-order valence-corrected chi connectivity index (χ2v) is 7.03. The number of fused-ring (bicyclic) bond motifs is 1. The van der Waals surface area contributed by atoms with Crippen molar-refractivity contribution in [2.75, 3.05) is 0 Å². The molecule has 126 valence electrons. The van der Waals surface area contributed by atoms with Crippen LogP contribution in [0.3, 0.4) is 0 Å². The van der Waals surface area contributed by atoms with Crippen LogP contribution in [-0.2, 0) is 6.54 Å². The van der Waals surface area contributed by atoms with Crippen LogP contribution in [-0.4, -0.2) is 15.7 Å². The first-order valence-electron chi connectivity index (χ1n) is 7.67. The number of halogens is 1. The van der Waals surface area contributed by atoms with E-state index in [0.29, 0.717) is 16.4 Å². The van der Waals surface area contributed by atoms with Gasteiger partial charge in [0.1, 0.15) is 4.83 Å². The minimum Gasteiger partial charge on any atom is -0.472 e. The highest BCUT2D eigenvalue weighted by Crippen LogP contribution is 2.32. The van der Waals surface area contributed by atoms with Gasteiger partial charge in [0, 0.05) is 17.5 Å². The number of thiophene rings is 1. The summed E-state index contributed by atoms with van der Waals surface area (Å²) in [6.45, 7) is 2.36. The number of amides is 1. The lowest BCUT2D eigenvalue weighted by molar-refractivity contribution is 0.0955. The van der Waals surface area contributed by atoms with Crippen LogP contribution in [0.2, 0.25) is 5.02 Å². The molecule has 0 spiro atoms. The van der Waals surface area contributed by atoms with Crippen LogP contribution < -0.4 is 5.32 Å². The van der Waals surface area contributed by atoms with Gasteiger partial charge in [0.2, 0.25) is 0 Å². The van der Waals surface area contributed by atoms with Crippen molar-refractivity contribution in [3.05, 3.63) is 70.1 Å². The molecule has 3 aromatic heterocycles. The SMILES string of the molecule is Cc1nn(-c2ccccc2Cl)c2sc(C(=O)NCc3ccoc3)cc12. The standard InChI is InChI=1S/C18H14ClN3O2S/c1-11-13-8-16(17(23)20-9-12-6-7-24-10-12)25-18(13)22(21-11)15-5-3-2-4-14(15)19/h2-8,10H,9H2,1H3,(H,20,23). The van der Waals surface area contributed by atoms with Crippen LogP contribution in [0.4, 0.5) is 0 Å². The maximum Gasteiger partial charge on any atom is 0.261 e. The van der Waals surface area contributed by atoms with Crippen LogP contribution in [0, 0.1) is 6.92 Å². The van der Waals surface area contributed by atoms with Gasteiger partial charge in [-0.05, 0) is 31.2 Å². The number of aryl methyl sites for hydroxylation is 1. The van der Waals surface area contributed by atoms with E-state index in [1.54, 1.807) is 17.2 Å². The summed E-state index contributed by atoms with van der Waals surface area (Å²) in [5, 5.41) is 9.04. The molecule has 1 amide bonds. The van der Waals surface area contributed by atoms with E-state index in [1.807, 2.05) is 43.3 Å². The Bertz CT molecular complexity index is 1050. The predicted molar refractivity (Wildman–Crippen MR) is 98.6 cm³/mol.